The van der Waals surface area contributed by atoms with Gasteiger partial charge in [-0.05, 0) is 107 Å². The van der Waals surface area contributed by atoms with Gasteiger partial charge < -0.3 is 29.6 Å². The third kappa shape index (κ3) is 11.5. The largest absolute Gasteiger partial charge is 0.469 e. The number of hydrogen-bond donors (Lipinski definition) is 2. The number of esters is 2. The van der Waals surface area contributed by atoms with Crippen LogP contribution in [0.4, 0.5) is 9.59 Å². The summed E-state index contributed by atoms with van der Waals surface area (Å²) in [6.45, 7) is 14.8. The summed E-state index contributed by atoms with van der Waals surface area (Å²) in [4.78, 5) is 46.6. The highest BCUT2D eigenvalue weighted by Gasteiger charge is 2.40. The van der Waals surface area contributed by atoms with Crippen LogP contribution in [0.3, 0.4) is 0 Å². The summed E-state index contributed by atoms with van der Waals surface area (Å²) in [6, 6.07) is 0.153. The summed E-state index contributed by atoms with van der Waals surface area (Å²) < 4.78 is 20.1. The van der Waals surface area contributed by atoms with E-state index < -0.39 is 22.0 Å². The molecule has 0 atom stereocenters. The average molecular weight is 543 g/mol. The minimum Gasteiger partial charge on any atom is -0.469 e. The Morgan fingerprint density at radius 3 is 1.08 bits per heavy atom. The molecule has 38 heavy (non-hydrogen) atoms. The van der Waals surface area contributed by atoms with E-state index in [0.29, 0.717) is 0 Å². The minimum atomic E-state index is -0.487. The molecule has 10 heteroatoms. The van der Waals surface area contributed by atoms with E-state index in [4.69, 9.17) is 18.9 Å². The fourth-order valence-corrected chi connectivity index (χ4v) is 4.65. The summed E-state index contributed by atoms with van der Waals surface area (Å²) in [5.41, 5.74) is -1.81. The Labute approximate surface area is 228 Å². The number of rotatable bonds is 4. The maximum Gasteiger partial charge on any atom is 0.407 e. The van der Waals surface area contributed by atoms with Crippen molar-refractivity contribution in [2.45, 2.75) is 130 Å². The first-order chi connectivity index (χ1) is 17.3. The molecule has 0 saturated heterocycles. The molecule has 2 aliphatic carbocycles. The van der Waals surface area contributed by atoms with Gasteiger partial charge in [0.2, 0.25) is 0 Å². The number of ether oxygens (including phenoxy) is 4. The molecule has 0 spiro atoms. The second-order valence-corrected chi connectivity index (χ2v) is 12.9. The lowest BCUT2D eigenvalue weighted by Crippen LogP contribution is -2.44. The van der Waals surface area contributed by atoms with Gasteiger partial charge in [0.15, 0.2) is 0 Å². The van der Waals surface area contributed by atoms with Crippen molar-refractivity contribution in [3.63, 3.8) is 0 Å². The third-order valence-corrected chi connectivity index (χ3v) is 6.98. The van der Waals surface area contributed by atoms with E-state index in [0.717, 1.165) is 51.4 Å². The molecule has 0 aromatic rings. The first-order valence-corrected chi connectivity index (χ1v) is 13.5. The highest BCUT2D eigenvalue weighted by Crippen LogP contribution is 2.38. The second-order valence-electron chi connectivity index (χ2n) is 12.9. The molecule has 10 nitrogen and oxygen atoms in total. The van der Waals surface area contributed by atoms with Gasteiger partial charge in [-0.2, -0.15) is 0 Å². The summed E-state index contributed by atoms with van der Waals surface area (Å²) in [7, 11) is 2.83. The van der Waals surface area contributed by atoms with Crippen LogP contribution in [0.25, 0.3) is 0 Å². The molecular formula is C28H50N2O8. The van der Waals surface area contributed by atoms with Gasteiger partial charge in [0.05, 0.1) is 25.0 Å². The van der Waals surface area contributed by atoms with Crippen LogP contribution >= 0.6 is 0 Å². The Bertz CT molecular complexity index is 744. The van der Waals surface area contributed by atoms with Crippen molar-refractivity contribution < 1.29 is 38.1 Å². The standard InChI is InChI=1S/2C14H25NO4/c2*1-13(2,3)19-12(17)15-10-6-8-14(4,9-7-10)11(16)18-5/h2*10H,6-9H2,1-5H3,(H,15,17). The number of hydrogen-bond acceptors (Lipinski definition) is 8. The smallest absolute Gasteiger partial charge is 0.407 e. The zero-order valence-electron chi connectivity index (χ0n) is 25.1. The van der Waals surface area contributed by atoms with Crippen LogP contribution < -0.4 is 10.6 Å². The molecule has 0 unspecified atom stereocenters. The fourth-order valence-electron chi connectivity index (χ4n) is 4.65. The molecule has 0 radical (unpaired) electrons. The van der Waals surface area contributed by atoms with E-state index in [-0.39, 0.29) is 36.2 Å². The summed E-state index contributed by atoms with van der Waals surface area (Å²) >= 11 is 0. The fraction of sp³-hybridized carbons (Fsp3) is 0.857. The van der Waals surface area contributed by atoms with Gasteiger partial charge in [-0.25, -0.2) is 9.59 Å². The quantitative estimate of drug-likeness (QED) is 0.363. The van der Waals surface area contributed by atoms with Crippen LogP contribution in [0.5, 0.6) is 0 Å². The zero-order valence-corrected chi connectivity index (χ0v) is 25.1. The first kappa shape index (κ1) is 33.5. The summed E-state index contributed by atoms with van der Waals surface area (Å²) in [5.74, 6) is -0.327. The Morgan fingerprint density at radius 1 is 0.605 bits per heavy atom. The molecule has 0 aromatic heterocycles. The van der Waals surface area contributed by atoms with E-state index in [9.17, 15) is 19.2 Å². The maximum absolute atomic E-state index is 11.7. The Kier molecular flexibility index (Phi) is 11.9. The van der Waals surface area contributed by atoms with Crippen LogP contribution in [-0.2, 0) is 28.5 Å². The normalized spacial score (nSPS) is 27.5. The van der Waals surface area contributed by atoms with Gasteiger partial charge in [0, 0.05) is 12.1 Å². The SMILES string of the molecule is COC(=O)C1(C)CCC(NC(=O)OC(C)(C)C)CC1.COC(=O)C1(C)CCC(NC(=O)OC(C)(C)C)CC1. The summed E-state index contributed by atoms with van der Waals surface area (Å²) in [5, 5.41) is 5.71. The van der Waals surface area contributed by atoms with Crippen LogP contribution in [-0.4, -0.2) is 61.6 Å². The van der Waals surface area contributed by atoms with E-state index in [2.05, 4.69) is 10.6 Å². The lowest BCUT2D eigenvalue weighted by molar-refractivity contribution is -0.154. The molecule has 220 valence electrons. The van der Waals surface area contributed by atoms with Crippen molar-refractivity contribution in [3.8, 4) is 0 Å². The predicted molar refractivity (Wildman–Crippen MR) is 143 cm³/mol. The first-order valence-electron chi connectivity index (χ1n) is 13.5. The predicted octanol–water partition coefficient (Wildman–Crippen LogP) is 5.27. The van der Waals surface area contributed by atoms with Gasteiger partial charge >= 0.3 is 24.1 Å². The lowest BCUT2D eigenvalue weighted by Gasteiger charge is -2.35. The second kappa shape index (κ2) is 13.5. The van der Waals surface area contributed by atoms with Crippen molar-refractivity contribution in [2.75, 3.05) is 14.2 Å². The van der Waals surface area contributed by atoms with Crippen molar-refractivity contribution >= 4 is 24.1 Å². The molecule has 0 aliphatic heterocycles. The molecule has 0 heterocycles. The van der Waals surface area contributed by atoms with Crippen molar-refractivity contribution in [3.05, 3.63) is 0 Å². The van der Waals surface area contributed by atoms with Crippen LogP contribution in [0.15, 0.2) is 0 Å². The van der Waals surface area contributed by atoms with Gasteiger partial charge in [-0.15, -0.1) is 0 Å². The maximum atomic E-state index is 11.7. The van der Waals surface area contributed by atoms with Crippen LogP contribution in [0.2, 0.25) is 0 Å². The Hall–Kier alpha value is -2.52. The van der Waals surface area contributed by atoms with Crippen LogP contribution in [0, 0.1) is 10.8 Å². The monoisotopic (exact) mass is 542 g/mol. The van der Waals surface area contributed by atoms with E-state index in [1.807, 2.05) is 55.4 Å². The molecular weight excluding hydrogens is 492 g/mol. The molecule has 2 aliphatic rings. The summed E-state index contributed by atoms with van der Waals surface area (Å²) in [6.07, 6.45) is 5.18. The van der Waals surface area contributed by atoms with Crippen molar-refractivity contribution in [2.24, 2.45) is 10.8 Å². The minimum absolute atomic E-state index is 0.0765. The zero-order chi connectivity index (χ0) is 29.4. The molecule has 2 rings (SSSR count). The highest BCUT2D eigenvalue weighted by atomic mass is 16.6. The number of alkyl carbamates (subject to hydrolysis) is 2. The number of methoxy groups -OCH3 is 2. The topological polar surface area (TPSA) is 129 Å². The Morgan fingerprint density at radius 2 is 0.868 bits per heavy atom. The molecule has 2 saturated carbocycles. The molecule has 0 aromatic carbocycles. The average Bonchev–Trinajstić information content (AvgIpc) is 2.79. The Balaban J connectivity index is 0.000000380. The number of carbonyl (C=O) groups is 4. The van der Waals surface area contributed by atoms with Crippen molar-refractivity contribution in [1.82, 2.24) is 10.6 Å². The third-order valence-electron chi connectivity index (χ3n) is 6.98. The van der Waals surface area contributed by atoms with Gasteiger partial charge in [0.1, 0.15) is 11.2 Å². The molecule has 2 N–H and O–H groups in total. The van der Waals surface area contributed by atoms with Gasteiger partial charge in [-0.1, -0.05) is 0 Å². The van der Waals surface area contributed by atoms with Crippen LogP contribution in [0.1, 0.15) is 107 Å². The number of amides is 2. The van der Waals surface area contributed by atoms with Gasteiger partial charge in [-0.3, -0.25) is 9.59 Å². The van der Waals surface area contributed by atoms with Crippen molar-refractivity contribution in [1.29, 1.82) is 0 Å². The number of carbonyl (C=O) groups excluding carboxylic acids is 4. The molecule has 0 bridgehead atoms. The van der Waals surface area contributed by atoms with E-state index >= 15 is 0 Å². The lowest BCUT2D eigenvalue weighted by atomic mass is 9.74. The molecule has 2 amide bonds. The van der Waals surface area contributed by atoms with E-state index in [1.54, 1.807) is 0 Å². The highest BCUT2D eigenvalue weighted by molar-refractivity contribution is 5.77. The molecule has 2 fully saturated rings. The van der Waals surface area contributed by atoms with E-state index in [1.165, 1.54) is 14.2 Å². The number of nitrogens with one attached hydrogen (secondary N) is 2. The van der Waals surface area contributed by atoms with Gasteiger partial charge in [0.25, 0.3) is 0 Å².